The lowest BCUT2D eigenvalue weighted by Gasteiger charge is -2.05. The van der Waals surface area contributed by atoms with Crippen LogP contribution >= 0.6 is 0 Å². The van der Waals surface area contributed by atoms with E-state index in [0.29, 0.717) is 0 Å². The topological polar surface area (TPSA) is 13.1 Å². The van der Waals surface area contributed by atoms with Crippen molar-refractivity contribution in [3.63, 3.8) is 0 Å². The van der Waals surface area contributed by atoms with Crippen LogP contribution in [0.25, 0.3) is 43.5 Å². The molecule has 5 rings (SSSR count). The molecule has 0 spiro atoms. The summed E-state index contributed by atoms with van der Waals surface area (Å²) >= 11 is 0. The molecule has 0 bridgehead atoms. The van der Waals surface area contributed by atoms with Gasteiger partial charge in [0.2, 0.25) is 0 Å². The van der Waals surface area contributed by atoms with Gasteiger partial charge in [0.1, 0.15) is 11.2 Å². The third-order valence-corrected chi connectivity index (χ3v) is 7.15. The van der Waals surface area contributed by atoms with Crippen LogP contribution in [0.4, 0.5) is 0 Å². The second kappa shape index (κ2) is 10.00. The zero-order chi connectivity index (χ0) is 22.6. The molecule has 170 valence electrons. The van der Waals surface area contributed by atoms with Crippen LogP contribution in [-0.4, -0.2) is 0 Å². The normalized spacial score (nSPS) is 11.9. The van der Waals surface area contributed by atoms with Crippen molar-refractivity contribution in [1.82, 2.24) is 0 Å². The summed E-state index contributed by atoms with van der Waals surface area (Å²) < 4.78 is 6.31. The quantitative estimate of drug-likeness (QED) is 0.198. The monoisotopic (exact) mass is 436 g/mol. The summed E-state index contributed by atoms with van der Waals surface area (Å²) in [6.07, 6.45) is 12.8. The second-order valence-electron chi connectivity index (χ2n) is 9.78. The Balaban J connectivity index is 1.49. The minimum absolute atomic E-state index is 0.989. The number of benzene rings is 4. The standard InChI is InChI=1S/C32H36O/c1-3-5-7-9-11-23-13-15-25-21-31-29(19-27(25)17-23)30-20-28-18-24(12-10-8-6-4-2)14-16-26(28)22-32(30)33-31/h13-22H,3-12H2,1-2H3. The fraction of sp³-hybridized carbons (Fsp3) is 0.375. The largest absolute Gasteiger partial charge is 0.456 e. The van der Waals surface area contributed by atoms with E-state index in [4.69, 9.17) is 4.42 Å². The maximum Gasteiger partial charge on any atom is 0.136 e. The highest BCUT2D eigenvalue weighted by molar-refractivity contribution is 6.13. The number of aryl methyl sites for hydroxylation is 2. The van der Waals surface area contributed by atoms with E-state index in [-0.39, 0.29) is 0 Å². The van der Waals surface area contributed by atoms with Gasteiger partial charge in [-0.05, 0) is 82.6 Å². The van der Waals surface area contributed by atoms with Crippen LogP contribution in [0.3, 0.4) is 0 Å². The predicted octanol–water partition coefficient (Wildman–Crippen LogP) is 10.1. The highest BCUT2D eigenvalue weighted by Crippen LogP contribution is 2.35. The molecule has 0 aliphatic heterocycles. The average molecular weight is 437 g/mol. The molecule has 0 saturated carbocycles. The van der Waals surface area contributed by atoms with Crippen molar-refractivity contribution >= 4 is 43.5 Å². The molecule has 0 N–H and O–H groups in total. The van der Waals surface area contributed by atoms with Crippen molar-refractivity contribution in [2.24, 2.45) is 0 Å². The first-order chi connectivity index (χ1) is 16.2. The fourth-order valence-corrected chi connectivity index (χ4v) is 5.18. The van der Waals surface area contributed by atoms with Crippen molar-refractivity contribution in [2.75, 3.05) is 0 Å². The zero-order valence-electron chi connectivity index (χ0n) is 20.3. The molecule has 0 aliphatic rings. The molecule has 4 aromatic carbocycles. The van der Waals surface area contributed by atoms with Crippen molar-refractivity contribution in [3.05, 3.63) is 71.8 Å². The van der Waals surface area contributed by atoms with Crippen LogP contribution in [-0.2, 0) is 12.8 Å². The third kappa shape index (κ3) is 4.78. The Morgan fingerprint density at radius 3 is 1.42 bits per heavy atom. The second-order valence-corrected chi connectivity index (χ2v) is 9.78. The number of rotatable bonds is 10. The molecule has 1 nitrogen and oxygen atoms in total. The number of furan rings is 1. The third-order valence-electron chi connectivity index (χ3n) is 7.15. The zero-order valence-corrected chi connectivity index (χ0v) is 20.3. The van der Waals surface area contributed by atoms with Gasteiger partial charge in [-0.3, -0.25) is 0 Å². The number of fused-ring (bicyclic) bond motifs is 5. The molecule has 0 unspecified atom stereocenters. The highest BCUT2D eigenvalue weighted by atomic mass is 16.3. The maximum absolute atomic E-state index is 6.31. The maximum atomic E-state index is 6.31. The van der Waals surface area contributed by atoms with E-state index in [9.17, 15) is 0 Å². The summed E-state index contributed by atoms with van der Waals surface area (Å²) in [5.41, 5.74) is 4.87. The first-order valence-corrected chi connectivity index (χ1v) is 13.1. The highest BCUT2D eigenvalue weighted by Gasteiger charge is 2.11. The van der Waals surface area contributed by atoms with Crippen molar-refractivity contribution in [1.29, 1.82) is 0 Å². The van der Waals surface area contributed by atoms with Gasteiger partial charge in [-0.1, -0.05) is 88.8 Å². The van der Waals surface area contributed by atoms with Crippen LogP contribution in [0.5, 0.6) is 0 Å². The summed E-state index contributed by atoms with van der Waals surface area (Å²) in [4.78, 5) is 0. The fourth-order valence-electron chi connectivity index (χ4n) is 5.18. The Labute approximate surface area is 197 Å². The lowest BCUT2D eigenvalue weighted by Crippen LogP contribution is -1.86. The van der Waals surface area contributed by atoms with Gasteiger partial charge >= 0.3 is 0 Å². The Morgan fingerprint density at radius 2 is 0.970 bits per heavy atom. The van der Waals surface area contributed by atoms with Crippen LogP contribution in [0, 0.1) is 0 Å². The van der Waals surface area contributed by atoms with E-state index in [1.165, 1.54) is 108 Å². The van der Waals surface area contributed by atoms with Crippen LogP contribution in [0.15, 0.2) is 65.1 Å². The minimum Gasteiger partial charge on any atom is -0.456 e. The summed E-state index contributed by atoms with van der Waals surface area (Å²) in [6.45, 7) is 4.54. The Hall–Kier alpha value is -2.80. The SMILES string of the molecule is CCCCCCc1ccc2cc3oc4cc5ccc(CCCCCC)cc5cc4c3cc2c1. The van der Waals surface area contributed by atoms with Gasteiger partial charge in [-0.25, -0.2) is 0 Å². The molecular weight excluding hydrogens is 400 g/mol. The molecule has 0 atom stereocenters. The molecule has 1 heterocycles. The number of hydrogen-bond acceptors (Lipinski definition) is 1. The smallest absolute Gasteiger partial charge is 0.136 e. The van der Waals surface area contributed by atoms with E-state index in [1.54, 1.807) is 0 Å². The van der Waals surface area contributed by atoms with Crippen LogP contribution in [0.2, 0.25) is 0 Å². The number of hydrogen-bond donors (Lipinski definition) is 0. The summed E-state index contributed by atoms with van der Waals surface area (Å²) in [5.74, 6) is 0. The Morgan fingerprint density at radius 1 is 0.485 bits per heavy atom. The van der Waals surface area contributed by atoms with Gasteiger partial charge < -0.3 is 4.42 Å². The van der Waals surface area contributed by atoms with Gasteiger partial charge in [0.05, 0.1) is 0 Å². The minimum atomic E-state index is 0.989. The molecule has 0 saturated heterocycles. The van der Waals surface area contributed by atoms with Crippen molar-refractivity contribution < 1.29 is 4.42 Å². The van der Waals surface area contributed by atoms with Crippen molar-refractivity contribution in [2.45, 2.75) is 78.1 Å². The lowest BCUT2D eigenvalue weighted by atomic mass is 9.99. The van der Waals surface area contributed by atoms with Crippen LogP contribution in [0.1, 0.15) is 76.3 Å². The summed E-state index contributed by atoms with van der Waals surface area (Å²) in [5, 5.41) is 7.63. The van der Waals surface area contributed by atoms with Gasteiger partial charge in [-0.2, -0.15) is 0 Å². The summed E-state index contributed by atoms with van der Waals surface area (Å²) in [6, 6.07) is 23.0. The van der Waals surface area contributed by atoms with Crippen LogP contribution < -0.4 is 0 Å². The van der Waals surface area contributed by atoms with E-state index in [2.05, 4.69) is 74.5 Å². The molecule has 1 aromatic heterocycles. The van der Waals surface area contributed by atoms with Gasteiger partial charge in [0.25, 0.3) is 0 Å². The molecule has 0 aliphatic carbocycles. The lowest BCUT2D eigenvalue weighted by molar-refractivity contribution is 0.667. The molecule has 33 heavy (non-hydrogen) atoms. The number of unbranched alkanes of at least 4 members (excludes halogenated alkanes) is 6. The first kappa shape index (κ1) is 22.0. The Kier molecular flexibility index (Phi) is 6.67. The van der Waals surface area contributed by atoms with Gasteiger partial charge in [-0.15, -0.1) is 0 Å². The molecular formula is C32H36O. The average Bonchev–Trinajstić information content (AvgIpc) is 3.17. The van der Waals surface area contributed by atoms with E-state index in [0.717, 1.165) is 11.2 Å². The van der Waals surface area contributed by atoms with E-state index < -0.39 is 0 Å². The van der Waals surface area contributed by atoms with Gasteiger partial charge in [0, 0.05) is 10.8 Å². The Bertz CT molecular complexity index is 1280. The molecule has 5 aromatic rings. The van der Waals surface area contributed by atoms with Gasteiger partial charge in [0.15, 0.2) is 0 Å². The first-order valence-electron chi connectivity index (χ1n) is 13.1. The molecule has 0 radical (unpaired) electrons. The molecule has 0 fully saturated rings. The summed E-state index contributed by atoms with van der Waals surface area (Å²) in [7, 11) is 0. The van der Waals surface area contributed by atoms with Crippen molar-refractivity contribution in [3.8, 4) is 0 Å². The molecule has 1 heteroatoms. The predicted molar refractivity (Wildman–Crippen MR) is 144 cm³/mol. The van der Waals surface area contributed by atoms with E-state index >= 15 is 0 Å². The molecule has 0 amide bonds. The van der Waals surface area contributed by atoms with E-state index in [1.807, 2.05) is 0 Å².